The minimum atomic E-state index is -0.115. The number of nitrogens with zero attached hydrogens (tertiary/aromatic N) is 1. The summed E-state index contributed by atoms with van der Waals surface area (Å²) in [5.74, 6) is 1.38. The molecule has 1 amide bonds. The molecule has 1 aromatic heterocycles. The van der Waals surface area contributed by atoms with Crippen molar-refractivity contribution in [3.8, 4) is 17.1 Å². The van der Waals surface area contributed by atoms with Crippen molar-refractivity contribution in [2.45, 2.75) is 6.42 Å². The predicted molar refractivity (Wildman–Crippen MR) is 108 cm³/mol. The fraction of sp³-hybridized carbons (Fsp3) is 0.130. The highest BCUT2D eigenvalue weighted by Crippen LogP contribution is 2.29. The lowest BCUT2D eigenvalue weighted by molar-refractivity contribution is 0.0954. The number of benzene rings is 3. The highest BCUT2D eigenvalue weighted by atomic mass is 16.5. The molecule has 0 saturated carbocycles. The Kier molecular flexibility index (Phi) is 5.06. The molecular weight excluding hydrogens is 352 g/mol. The monoisotopic (exact) mass is 372 g/mol. The van der Waals surface area contributed by atoms with Crippen LogP contribution in [0.4, 0.5) is 0 Å². The summed E-state index contributed by atoms with van der Waals surface area (Å²) in [4.78, 5) is 12.6. The molecule has 0 aliphatic rings. The van der Waals surface area contributed by atoms with E-state index in [0.717, 1.165) is 34.2 Å². The summed E-state index contributed by atoms with van der Waals surface area (Å²) in [6, 6.07) is 23.0. The number of amides is 1. The van der Waals surface area contributed by atoms with Crippen molar-refractivity contribution < 1.29 is 14.1 Å². The Morgan fingerprint density at radius 1 is 1.04 bits per heavy atom. The summed E-state index contributed by atoms with van der Waals surface area (Å²) in [5.41, 5.74) is 3.39. The van der Waals surface area contributed by atoms with Crippen molar-refractivity contribution >= 4 is 16.8 Å². The fourth-order valence-electron chi connectivity index (χ4n) is 3.10. The molecule has 0 radical (unpaired) electrons. The van der Waals surface area contributed by atoms with Crippen LogP contribution in [0.2, 0.25) is 0 Å². The highest BCUT2D eigenvalue weighted by molar-refractivity contribution is 6.00. The minimum absolute atomic E-state index is 0.115. The molecule has 0 bridgehead atoms. The number of methoxy groups -OCH3 is 1. The fourth-order valence-corrected chi connectivity index (χ4v) is 3.10. The van der Waals surface area contributed by atoms with E-state index < -0.39 is 0 Å². The van der Waals surface area contributed by atoms with E-state index in [2.05, 4.69) is 10.5 Å². The number of hydrogen-bond donors (Lipinski definition) is 1. The van der Waals surface area contributed by atoms with Gasteiger partial charge in [0, 0.05) is 17.7 Å². The van der Waals surface area contributed by atoms with Crippen molar-refractivity contribution in [1.82, 2.24) is 10.5 Å². The molecule has 0 saturated heterocycles. The molecule has 0 atom stereocenters. The molecule has 28 heavy (non-hydrogen) atoms. The first-order chi connectivity index (χ1) is 13.7. The van der Waals surface area contributed by atoms with Gasteiger partial charge in [-0.15, -0.1) is 0 Å². The van der Waals surface area contributed by atoms with Gasteiger partial charge in [0.25, 0.3) is 5.91 Å². The van der Waals surface area contributed by atoms with Gasteiger partial charge in [-0.3, -0.25) is 4.79 Å². The normalized spacial score (nSPS) is 10.8. The van der Waals surface area contributed by atoms with Gasteiger partial charge in [0.05, 0.1) is 12.5 Å². The largest absolute Gasteiger partial charge is 0.497 e. The molecule has 4 rings (SSSR count). The second-order valence-electron chi connectivity index (χ2n) is 6.46. The number of aromatic nitrogens is 1. The summed E-state index contributed by atoms with van der Waals surface area (Å²) in [6.45, 7) is 0.554. The summed E-state index contributed by atoms with van der Waals surface area (Å²) in [5, 5.41) is 7.89. The maximum Gasteiger partial charge on any atom is 0.251 e. The number of fused-ring (bicyclic) bond motifs is 1. The number of nitrogens with one attached hydrogen (secondary N) is 1. The Hall–Kier alpha value is -3.60. The molecule has 1 heterocycles. The third-order valence-electron chi connectivity index (χ3n) is 4.63. The van der Waals surface area contributed by atoms with Crippen LogP contribution in [0.1, 0.15) is 15.9 Å². The van der Waals surface area contributed by atoms with Gasteiger partial charge in [0.2, 0.25) is 0 Å². The lowest BCUT2D eigenvalue weighted by atomic mass is 10.1. The van der Waals surface area contributed by atoms with E-state index in [0.29, 0.717) is 17.9 Å². The Bertz CT molecular complexity index is 1090. The van der Waals surface area contributed by atoms with Crippen LogP contribution < -0.4 is 10.1 Å². The van der Waals surface area contributed by atoms with Gasteiger partial charge >= 0.3 is 0 Å². The molecule has 0 aliphatic heterocycles. The average molecular weight is 372 g/mol. The number of carbonyl (C=O) groups is 1. The van der Waals surface area contributed by atoms with Crippen molar-refractivity contribution in [2.75, 3.05) is 13.7 Å². The SMILES string of the molecule is COc1ccc(CCNC(=O)c2ccc3noc(-c4ccccc4)c3c2)cc1. The van der Waals surface area contributed by atoms with Crippen molar-refractivity contribution in [3.63, 3.8) is 0 Å². The van der Waals surface area contributed by atoms with Gasteiger partial charge < -0.3 is 14.6 Å². The first-order valence-electron chi connectivity index (χ1n) is 9.10. The zero-order valence-electron chi connectivity index (χ0n) is 15.5. The molecule has 4 aromatic rings. The summed E-state index contributed by atoms with van der Waals surface area (Å²) in [6.07, 6.45) is 0.751. The van der Waals surface area contributed by atoms with E-state index >= 15 is 0 Å². The van der Waals surface area contributed by atoms with E-state index in [1.165, 1.54) is 0 Å². The summed E-state index contributed by atoms with van der Waals surface area (Å²) >= 11 is 0. The number of ether oxygens (including phenoxy) is 1. The average Bonchev–Trinajstić information content (AvgIpc) is 3.18. The number of rotatable bonds is 6. The van der Waals surface area contributed by atoms with E-state index in [-0.39, 0.29) is 5.91 Å². The third kappa shape index (κ3) is 3.74. The Morgan fingerprint density at radius 3 is 2.57 bits per heavy atom. The standard InChI is InChI=1S/C23H20N2O3/c1-27-19-10-7-16(8-11-19)13-14-24-23(26)18-9-12-21-20(15-18)22(28-25-21)17-5-3-2-4-6-17/h2-12,15H,13-14H2,1H3,(H,24,26). The molecule has 5 nitrogen and oxygen atoms in total. The highest BCUT2D eigenvalue weighted by Gasteiger charge is 2.13. The van der Waals surface area contributed by atoms with Gasteiger partial charge in [-0.1, -0.05) is 47.6 Å². The van der Waals surface area contributed by atoms with Gasteiger partial charge in [0.15, 0.2) is 5.76 Å². The van der Waals surface area contributed by atoms with Crippen LogP contribution in [0.5, 0.6) is 5.75 Å². The van der Waals surface area contributed by atoms with Gasteiger partial charge in [-0.2, -0.15) is 0 Å². The molecular formula is C23H20N2O3. The Labute approximate surface area is 162 Å². The lowest BCUT2D eigenvalue weighted by Gasteiger charge is -2.06. The van der Waals surface area contributed by atoms with Gasteiger partial charge in [0.1, 0.15) is 11.3 Å². The Balaban J connectivity index is 1.46. The van der Waals surface area contributed by atoms with E-state index in [9.17, 15) is 4.79 Å². The van der Waals surface area contributed by atoms with Gasteiger partial charge in [-0.05, 0) is 42.3 Å². The van der Waals surface area contributed by atoms with Crippen LogP contribution in [0.15, 0.2) is 77.3 Å². The van der Waals surface area contributed by atoms with Crippen LogP contribution in [0, 0.1) is 0 Å². The molecule has 5 heteroatoms. The van der Waals surface area contributed by atoms with Crippen molar-refractivity contribution in [2.24, 2.45) is 0 Å². The number of carbonyl (C=O) groups excluding carboxylic acids is 1. The van der Waals surface area contributed by atoms with Crippen LogP contribution in [0.25, 0.3) is 22.2 Å². The van der Waals surface area contributed by atoms with Crippen LogP contribution in [0.3, 0.4) is 0 Å². The molecule has 0 unspecified atom stereocenters. The van der Waals surface area contributed by atoms with Gasteiger partial charge in [-0.25, -0.2) is 0 Å². The Morgan fingerprint density at radius 2 is 1.82 bits per heavy atom. The van der Waals surface area contributed by atoms with Crippen LogP contribution in [-0.4, -0.2) is 24.7 Å². The molecule has 1 N–H and O–H groups in total. The maximum atomic E-state index is 12.6. The summed E-state index contributed by atoms with van der Waals surface area (Å²) in [7, 11) is 1.64. The first kappa shape index (κ1) is 17.8. The predicted octanol–water partition coefficient (Wildman–Crippen LogP) is 4.48. The zero-order valence-corrected chi connectivity index (χ0v) is 15.5. The maximum absolute atomic E-state index is 12.6. The van der Waals surface area contributed by atoms with E-state index in [1.54, 1.807) is 13.2 Å². The topological polar surface area (TPSA) is 64.4 Å². The minimum Gasteiger partial charge on any atom is -0.497 e. The second kappa shape index (κ2) is 7.96. The smallest absolute Gasteiger partial charge is 0.251 e. The summed E-state index contributed by atoms with van der Waals surface area (Å²) < 4.78 is 10.7. The van der Waals surface area contributed by atoms with Crippen molar-refractivity contribution in [3.05, 3.63) is 83.9 Å². The van der Waals surface area contributed by atoms with E-state index in [1.807, 2.05) is 66.7 Å². The van der Waals surface area contributed by atoms with Crippen LogP contribution in [-0.2, 0) is 6.42 Å². The molecule has 0 spiro atoms. The van der Waals surface area contributed by atoms with E-state index in [4.69, 9.17) is 9.26 Å². The number of hydrogen-bond acceptors (Lipinski definition) is 4. The zero-order chi connectivity index (χ0) is 19.3. The molecule has 0 fully saturated rings. The van der Waals surface area contributed by atoms with Crippen LogP contribution >= 0.6 is 0 Å². The quantitative estimate of drug-likeness (QED) is 0.542. The third-order valence-corrected chi connectivity index (χ3v) is 4.63. The molecule has 0 aliphatic carbocycles. The lowest BCUT2D eigenvalue weighted by Crippen LogP contribution is -2.25. The molecule has 140 valence electrons. The second-order valence-corrected chi connectivity index (χ2v) is 6.46. The van der Waals surface area contributed by atoms with Crippen molar-refractivity contribution in [1.29, 1.82) is 0 Å². The first-order valence-corrected chi connectivity index (χ1v) is 9.10. The molecule has 3 aromatic carbocycles.